The van der Waals surface area contributed by atoms with Gasteiger partial charge in [0, 0.05) is 12.6 Å². The van der Waals surface area contributed by atoms with Gasteiger partial charge in [-0.25, -0.2) is 4.98 Å². The third kappa shape index (κ3) is 3.31. The van der Waals surface area contributed by atoms with Crippen LogP contribution in [0.2, 0.25) is 0 Å². The van der Waals surface area contributed by atoms with Crippen LogP contribution >= 0.6 is 23.7 Å². The first-order chi connectivity index (χ1) is 10.8. The normalized spacial score (nSPS) is 15.7. The van der Waals surface area contributed by atoms with E-state index in [-0.39, 0.29) is 18.0 Å². The highest BCUT2D eigenvalue weighted by atomic mass is 35.5. The van der Waals surface area contributed by atoms with Gasteiger partial charge in [0.25, 0.3) is 11.3 Å². The molecule has 4 rings (SSSR count). The van der Waals surface area contributed by atoms with Crippen molar-refractivity contribution in [1.82, 2.24) is 24.5 Å². The first-order valence-electron chi connectivity index (χ1n) is 7.54. The maximum absolute atomic E-state index is 12.3. The topological polar surface area (TPSA) is 66.3 Å². The summed E-state index contributed by atoms with van der Waals surface area (Å²) in [6.45, 7) is 2.90. The monoisotopic (exact) mass is 351 g/mol. The number of hydrogen-bond donors (Lipinski definition) is 1. The number of aromatic amines is 1. The second kappa shape index (κ2) is 6.82. The lowest BCUT2D eigenvalue weighted by Crippen LogP contribution is -2.30. The second-order valence-corrected chi connectivity index (χ2v) is 6.56. The van der Waals surface area contributed by atoms with Crippen LogP contribution in [0.4, 0.5) is 0 Å². The first kappa shape index (κ1) is 16.2. The number of aromatic nitrogens is 4. The van der Waals surface area contributed by atoms with Crippen molar-refractivity contribution in [2.45, 2.75) is 25.8 Å². The fourth-order valence-electron chi connectivity index (χ4n) is 2.88. The van der Waals surface area contributed by atoms with Crippen molar-refractivity contribution in [1.29, 1.82) is 0 Å². The number of halogens is 1. The molecule has 122 valence electrons. The predicted molar refractivity (Wildman–Crippen MR) is 93.3 cm³/mol. The van der Waals surface area contributed by atoms with Crippen LogP contribution in [0, 0.1) is 0 Å². The van der Waals surface area contributed by atoms with Crippen molar-refractivity contribution < 1.29 is 0 Å². The summed E-state index contributed by atoms with van der Waals surface area (Å²) in [4.78, 5) is 24.6. The summed E-state index contributed by atoms with van der Waals surface area (Å²) in [5.74, 6) is 1.14. The van der Waals surface area contributed by atoms with E-state index < -0.39 is 0 Å². The molecule has 0 saturated carbocycles. The minimum Gasteiger partial charge on any atom is -0.298 e. The number of H-pyrrole nitrogens is 1. The fraction of sp³-hybridized carbons (Fsp3) is 0.400. The molecule has 0 spiro atoms. The molecule has 1 aliphatic rings. The molecule has 1 fully saturated rings. The molecule has 6 nitrogen and oxygen atoms in total. The summed E-state index contributed by atoms with van der Waals surface area (Å²) in [5.41, 5.74) is 0.698. The van der Waals surface area contributed by atoms with Gasteiger partial charge in [0.2, 0.25) is 0 Å². The average molecular weight is 352 g/mol. The van der Waals surface area contributed by atoms with E-state index in [9.17, 15) is 4.79 Å². The molecule has 3 aromatic rings. The summed E-state index contributed by atoms with van der Waals surface area (Å²) >= 11 is 1.58. The van der Waals surface area contributed by atoms with Gasteiger partial charge < -0.3 is 0 Å². The largest absolute Gasteiger partial charge is 0.298 e. The van der Waals surface area contributed by atoms with Crippen LogP contribution in [0.3, 0.4) is 0 Å². The highest BCUT2D eigenvalue weighted by Gasteiger charge is 2.14. The Labute approximate surface area is 143 Å². The molecule has 3 aromatic heterocycles. The molecule has 1 saturated heterocycles. The smallest absolute Gasteiger partial charge is 0.274 e. The molecule has 0 atom stereocenters. The van der Waals surface area contributed by atoms with Gasteiger partial charge >= 0.3 is 0 Å². The zero-order chi connectivity index (χ0) is 14.9. The summed E-state index contributed by atoms with van der Waals surface area (Å²) < 4.78 is 1.41. The van der Waals surface area contributed by atoms with E-state index in [4.69, 9.17) is 0 Å². The number of likely N-dealkylation sites (tertiary alicyclic amines) is 1. The van der Waals surface area contributed by atoms with Crippen molar-refractivity contribution in [3.05, 3.63) is 39.6 Å². The Balaban J connectivity index is 0.00000156. The molecule has 0 aromatic carbocycles. The zero-order valence-corrected chi connectivity index (χ0v) is 14.2. The Kier molecular flexibility index (Phi) is 4.79. The van der Waals surface area contributed by atoms with E-state index in [2.05, 4.69) is 20.0 Å². The molecule has 0 bridgehead atoms. The van der Waals surface area contributed by atoms with E-state index >= 15 is 0 Å². The minimum atomic E-state index is -0.104. The van der Waals surface area contributed by atoms with Gasteiger partial charge in [0.05, 0.1) is 10.6 Å². The molecular weight excluding hydrogens is 334 g/mol. The maximum atomic E-state index is 12.3. The quantitative estimate of drug-likeness (QED) is 0.787. The third-order valence-corrected chi connectivity index (χ3v) is 4.85. The summed E-state index contributed by atoms with van der Waals surface area (Å²) in [5, 5.41) is 5.01. The summed E-state index contributed by atoms with van der Waals surface area (Å²) in [6.07, 6.45) is 3.76. The van der Waals surface area contributed by atoms with E-state index in [0.717, 1.165) is 30.2 Å². The number of fused-ring (bicyclic) bond motifs is 1. The van der Waals surface area contributed by atoms with E-state index in [1.165, 1.54) is 23.8 Å². The Hall–Kier alpha value is -1.70. The van der Waals surface area contributed by atoms with Gasteiger partial charge in [0.15, 0.2) is 5.82 Å². The molecule has 1 aliphatic heterocycles. The van der Waals surface area contributed by atoms with E-state index in [1.807, 2.05) is 17.5 Å². The summed E-state index contributed by atoms with van der Waals surface area (Å²) in [7, 11) is 0. The number of thiophene rings is 1. The number of nitrogens with zero attached hydrogens (tertiary/aromatic N) is 4. The van der Waals surface area contributed by atoms with Crippen LogP contribution in [0.1, 0.15) is 25.0 Å². The third-order valence-electron chi connectivity index (χ3n) is 3.97. The predicted octanol–water partition coefficient (Wildman–Crippen LogP) is 2.55. The van der Waals surface area contributed by atoms with Crippen LogP contribution in [0.15, 0.2) is 28.4 Å². The first-order valence-corrected chi connectivity index (χ1v) is 8.42. The van der Waals surface area contributed by atoms with E-state index in [1.54, 1.807) is 17.4 Å². The summed E-state index contributed by atoms with van der Waals surface area (Å²) in [6, 6.07) is 5.55. The van der Waals surface area contributed by atoms with Crippen molar-refractivity contribution in [2.24, 2.45) is 0 Å². The fourth-order valence-corrected chi connectivity index (χ4v) is 3.54. The lowest BCUT2D eigenvalue weighted by Gasteiger charge is -2.25. The molecule has 0 radical (unpaired) electrons. The van der Waals surface area contributed by atoms with Gasteiger partial charge in [-0.2, -0.15) is 9.50 Å². The number of nitrogens with one attached hydrogen (secondary N) is 1. The van der Waals surface area contributed by atoms with Gasteiger partial charge in [0.1, 0.15) is 0 Å². The number of piperidine rings is 1. The number of hydrogen-bond acceptors (Lipinski definition) is 5. The lowest BCUT2D eigenvalue weighted by atomic mass is 10.1. The van der Waals surface area contributed by atoms with Gasteiger partial charge in [-0.05, 0) is 37.4 Å². The molecule has 0 aliphatic carbocycles. The molecule has 1 N–H and O–H groups in total. The number of rotatable bonds is 3. The highest BCUT2D eigenvalue weighted by molar-refractivity contribution is 7.13. The molecule has 0 unspecified atom stereocenters. The lowest BCUT2D eigenvalue weighted by molar-refractivity contribution is 0.218. The van der Waals surface area contributed by atoms with Crippen LogP contribution < -0.4 is 5.56 Å². The Morgan fingerprint density at radius 3 is 2.78 bits per heavy atom. The zero-order valence-electron chi connectivity index (χ0n) is 12.6. The molecular formula is C15H18ClN5OS. The maximum Gasteiger partial charge on any atom is 0.274 e. The molecule has 0 amide bonds. The van der Waals surface area contributed by atoms with Gasteiger partial charge in [-0.1, -0.05) is 12.5 Å². The van der Waals surface area contributed by atoms with Crippen LogP contribution in [-0.2, 0) is 6.54 Å². The highest BCUT2D eigenvalue weighted by Crippen LogP contribution is 2.21. The van der Waals surface area contributed by atoms with Crippen LogP contribution in [0.5, 0.6) is 0 Å². The molecule has 8 heteroatoms. The van der Waals surface area contributed by atoms with Gasteiger partial charge in [-0.15, -0.1) is 23.7 Å². The van der Waals surface area contributed by atoms with Crippen molar-refractivity contribution in [3.63, 3.8) is 0 Å². The van der Waals surface area contributed by atoms with Crippen molar-refractivity contribution in [3.8, 4) is 10.7 Å². The van der Waals surface area contributed by atoms with E-state index in [0.29, 0.717) is 11.6 Å². The van der Waals surface area contributed by atoms with Gasteiger partial charge in [-0.3, -0.25) is 14.8 Å². The van der Waals surface area contributed by atoms with Crippen molar-refractivity contribution >= 4 is 29.5 Å². The Morgan fingerprint density at radius 1 is 1.22 bits per heavy atom. The standard InChI is InChI=1S/C15H17N5OS.ClH/c21-13-9-11(10-19-6-2-1-3-7-19)16-15-17-14(18-20(13)15)12-5-4-8-22-12;/h4-5,8-9H,1-3,6-7,10H2,(H,16,17,18);1H. The van der Waals surface area contributed by atoms with Crippen molar-refractivity contribution in [2.75, 3.05) is 13.1 Å². The second-order valence-electron chi connectivity index (χ2n) is 5.61. The Bertz CT molecular complexity index is 835. The minimum absolute atomic E-state index is 0. The molecule has 23 heavy (non-hydrogen) atoms. The van der Waals surface area contributed by atoms with Crippen LogP contribution in [-0.4, -0.2) is 37.6 Å². The Morgan fingerprint density at radius 2 is 2.04 bits per heavy atom. The molecule has 4 heterocycles. The van der Waals surface area contributed by atoms with Crippen LogP contribution in [0.25, 0.3) is 16.5 Å². The SMILES string of the molecule is Cl.O=c1cc(CN2CCCCC2)nc2nc(-c3cccs3)[nH]n12. The average Bonchev–Trinajstić information content (AvgIpc) is 3.17.